The van der Waals surface area contributed by atoms with Gasteiger partial charge < -0.3 is 19.9 Å². The number of aromatic nitrogens is 4. The highest BCUT2D eigenvalue weighted by Gasteiger charge is 2.42. The van der Waals surface area contributed by atoms with Crippen LogP contribution in [0.15, 0.2) is 22.8 Å². The molecule has 1 fully saturated rings. The quantitative estimate of drug-likeness (QED) is 0.118. The van der Waals surface area contributed by atoms with E-state index in [1.807, 2.05) is 6.07 Å². The molecule has 1 saturated carbocycles. The second-order valence-electron chi connectivity index (χ2n) is 12.9. The predicted molar refractivity (Wildman–Crippen MR) is 157 cm³/mol. The molecule has 2 aromatic heterocycles. The van der Waals surface area contributed by atoms with Crippen LogP contribution in [0.3, 0.4) is 0 Å². The second-order valence-corrected chi connectivity index (χ2v) is 18.5. The average molecular weight is 645 g/mol. The number of halogens is 5. The third-order valence-electron chi connectivity index (χ3n) is 7.96. The van der Waals surface area contributed by atoms with E-state index < -0.39 is 56.9 Å². The van der Waals surface area contributed by atoms with Crippen LogP contribution < -0.4 is 10.6 Å². The summed E-state index contributed by atoms with van der Waals surface area (Å²) in [5.74, 6) is -3.80. The van der Waals surface area contributed by atoms with Crippen molar-refractivity contribution in [1.82, 2.24) is 30.5 Å². The number of benzene rings is 1. The van der Waals surface area contributed by atoms with E-state index in [4.69, 9.17) is 14.3 Å². The molecule has 9 nitrogen and oxygen atoms in total. The van der Waals surface area contributed by atoms with Crippen molar-refractivity contribution >= 4 is 25.0 Å². The van der Waals surface area contributed by atoms with Crippen molar-refractivity contribution in [3.8, 4) is 0 Å². The molecule has 2 N–H and O–H groups in total. The number of imidazole rings is 1. The van der Waals surface area contributed by atoms with Crippen LogP contribution in [0.2, 0.25) is 25.7 Å². The first-order valence-corrected chi connectivity index (χ1v) is 18.6. The van der Waals surface area contributed by atoms with E-state index in [1.165, 1.54) is 0 Å². The summed E-state index contributed by atoms with van der Waals surface area (Å²) >= 11 is 0. The van der Waals surface area contributed by atoms with Crippen molar-refractivity contribution in [2.24, 2.45) is 5.92 Å². The van der Waals surface area contributed by atoms with E-state index in [0.29, 0.717) is 29.9 Å². The number of carbonyl (C=O) groups excluding carboxylic acids is 1. The van der Waals surface area contributed by atoms with Crippen molar-refractivity contribution in [1.29, 1.82) is 0 Å². The summed E-state index contributed by atoms with van der Waals surface area (Å²) in [7, 11) is -1.42. The number of ether oxygens (including phenoxy) is 1. The molecular formula is C29H41F5N6O3Si. The second kappa shape index (κ2) is 13.6. The zero-order chi connectivity index (χ0) is 32.3. The number of carbonyl (C=O) groups is 1. The lowest BCUT2D eigenvalue weighted by Crippen LogP contribution is -2.40. The van der Waals surface area contributed by atoms with Crippen LogP contribution in [0.5, 0.6) is 0 Å². The van der Waals surface area contributed by atoms with Crippen molar-refractivity contribution in [3.05, 3.63) is 41.0 Å². The van der Waals surface area contributed by atoms with Crippen molar-refractivity contribution in [2.75, 3.05) is 13.2 Å². The molecule has 0 aliphatic heterocycles. The molecule has 0 unspecified atom stereocenters. The summed E-state index contributed by atoms with van der Waals surface area (Å²) in [5, 5.41) is 13.1. The highest BCUT2D eigenvalue weighted by atomic mass is 28.3. The fourth-order valence-corrected chi connectivity index (χ4v) is 6.18. The number of nitrogens with zero attached hydrogens (tertiary/aromatic N) is 4. The Morgan fingerprint density at radius 3 is 2.64 bits per heavy atom. The molecule has 0 spiro atoms. The molecule has 15 heteroatoms. The van der Waals surface area contributed by atoms with Crippen LogP contribution in [0.4, 0.5) is 22.0 Å². The summed E-state index contributed by atoms with van der Waals surface area (Å²) in [6.07, 6.45) is -5.16. The van der Waals surface area contributed by atoms with E-state index in [9.17, 15) is 26.7 Å². The predicted octanol–water partition coefficient (Wildman–Crippen LogP) is 6.94. The number of nitrogens with one attached hydrogen (secondary N) is 2. The topological polar surface area (TPSA) is 107 Å². The monoisotopic (exact) mass is 644 g/mol. The molecule has 1 amide bonds. The Balaban J connectivity index is 1.73. The van der Waals surface area contributed by atoms with Gasteiger partial charge in [-0.15, -0.1) is 0 Å². The zero-order valence-electron chi connectivity index (χ0n) is 25.7. The number of rotatable bonds is 13. The summed E-state index contributed by atoms with van der Waals surface area (Å²) in [6.45, 7) is 10.3. The largest absolute Gasteiger partial charge is 0.390 e. The number of fused-ring (bicyclic) bond motifs is 1. The summed E-state index contributed by atoms with van der Waals surface area (Å²) in [5.41, 5.74) is 2.10. The smallest absolute Gasteiger partial charge is 0.361 e. The Bertz CT molecular complexity index is 1420. The lowest BCUT2D eigenvalue weighted by atomic mass is 9.81. The minimum atomic E-state index is -4.27. The Hall–Kier alpha value is -2.91. The minimum absolute atomic E-state index is 0.0485. The maximum Gasteiger partial charge on any atom is 0.390 e. The molecule has 0 saturated heterocycles. The highest BCUT2D eigenvalue weighted by Crippen LogP contribution is 2.43. The average Bonchev–Trinajstić information content (AvgIpc) is 3.50. The lowest BCUT2D eigenvalue weighted by molar-refractivity contribution is -0.133. The Morgan fingerprint density at radius 1 is 1.25 bits per heavy atom. The number of hydrogen-bond donors (Lipinski definition) is 2. The van der Waals surface area contributed by atoms with Gasteiger partial charge in [-0.1, -0.05) is 30.9 Å². The molecule has 4 rings (SSSR count). The molecule has 2 heterocycles. The van der Waals surface area contributed by atoms with Crippen molar-refractivity contribution < 1.29 is 36.1 Å². The van der Waals surface area contributed by atoms with Crippen LogP contribution in [0.25, 0.3) is 11.0 Å². The molecule has 1 aliphatic rings. The first-order valence-electron chi connectivity index (χ1n) is 14.9. The molecule has 1 aliphatic carbocycles. The van der Waals surface area contributed by atoms with Crippen molar-refractivity contribution in [2.45, 2.75) is 103 Å². The number of alkyl halides is 5. The summed E-state index contributed by atoms with van der Waals surface area (Å²) < 4.78 is 80.2. The Labute approximate surface area is 254 Å². The molecule has 44 heavy (non-hydrogen) atoms. The van der Waals surface area contributed by atoms with Crippen LogP contribution >= 0.6 is 0 Å². The fourth-order valence-electron chi connectivity index (χ4n) is 5.42. The minimum Gasteiger partial charge on any atom is -0.361 e. The van der Waals surface area contributed by atoms with Crippen molar-refractivity contribution in [3.63, 3.8) is 0 Å². The van der Waals surface area contributed by atoms with Gasteiger partial charge in [-0.2, -0.15) is 13.2 Å². The van der Waals surface area contributed by atoms with Gasteiger partial charge in [0.1, 0.15) is 18.2 Å². The zero-order valence-corrected chi connectivity index (χ0v) is 26.7. The van der Waals surface area contributed by atoms with Crippen LogP contribution in [-0.4, -0.2) is 59.1 Å². The van der Waals surface area contributed by atoms with E-state index in [-0.39, 0.29) is 37.5 Å². The van der Waals surface area contributed by atoms with Gasteiger partial charge in [0.25, 0.3) is 5.91 Å². The molecular weight excluding hydrogens is 603 g/mol. The van der Waals surface area contributed by atoms with Crippen LogP contribution in [0, 0.1) is 12.8 Å². The number of aryl methyl sites for hydroxylation is 1. The Kier molecular flexibility index (Phi) is 10.5. The maximum atomic E-state index is 14.7. The third-order valence-corrected chi connectivity index (χ3v) is 9.66. The molecule has 244 valence electrons. The highest BCUT2D eigenvalue weighted by molar-refractivity contribution is 6.76. The number of amides is 1. The number of hydrogen-bond acceptors (Lipinski definition) is 7. The molecule has 3 aromatic rings. The van der Waals surface area contributed by atoms with Gasteiger partial charge in [-0.25, -0.2) is 18.4 Å². The van der Waals surface area contributed by atoms with E-state index in [1.54, 1.807) is 30.5 Å². The van der Waals surface area contributed by atoms with Gasteiger partial charge in [0.15, 0.2) is 5.69 Å². The molecule has 0 bridgehead atoms. The standard InChI is InChI=1S/C29H41F5N6O3Si/c1-18(35-12-11-29(32,33)34)20-8-9-22-23(15-20)40(17-42-13-14-44(3,4)5)26(36-22)25(21-7-6-10-28(30,31)16-21)37-27(41)24-19(2)38-43-39-24/h8-9,15,18,21,25,35H,6-7,10-14,16-17H2,1-5H3,(H,37,41)/t18-,21-,25+/m1/s1. The van der Waals surface area contributed by atoms with E-state index in [2.05, 4.69) is 40.6 Å². The Morgan fingerprint density at radius 2 is 2.00 bits per heavy atom. The normalized spacial score (nSPS) is 18.8. The third kappa shape index (κ3) is 9.07. The summed E-state index contributed by atoms with van der Waals surface area (Å²) in [4.78, 5) is 18.1. The van der Waals surface area contributed by atoms with E-state index in [0.717, 1.165) is 11.6 Å². The van der Waals surface area contributed by atoms with Gasteiger partial charge >= 0.3 is 6.18 Å². The van der Waals surface area contributed by atoms with Gasteiger partial charge in [0, 0.05) is 40.1 Å². The first kappa shape index (κ1) is 34.0. The molecule has 3 atom stereocenters. The molecule has 1 aromatic carbocycles. The maximum absolute atomic E-state index is 14.7. The van der Waals surface area contributed by atoms with Crippen LogP contribution in [-0.2, 0) is 11.5 Å². The SMILES string of the molecule is Cc1nonc1C(=O)N[C@H](c1nc2ccc([C@@H](C)NCCC(F)(F)F)cc2n1COCC[Si](C)(C)C)[C@@H]1CCCC(F)(F)C1. The van der Waals surface area contributed by atoms with Crippen LogP contribution in [0.1, 0.15) is 78.7 Å². The van der Waals surface area contributed by atoms with Gasteiger partial charge in [0.05, 0.1) is 23.5 Å². The first-order chi connectivity index (χ1) is 20.5. The van der Waals surface area contributed by atoms with Gasteiger partial charge in [-0.05, 0) is 61.5 Å². The van der Waals surface area contributed by atoms with Gasteiger partial charge in [0.2, 0.25) is 5.92 Å². The molecule has 0 radical (unpaired) electrons. The lowest BCUT2D eigenvalue weighted by Gasteiger charge is -2.34. The fraction of sp³-hybridized carbons (Fsp3) is 0.655. The summed E-state index contributed by atoms with van der Waals surface area (Å²) in [6, 6.07) is 4.91. The van der Waals surface area contributed by atoms with Gasteiger partial charge in [-0.3, -0.25) is 4.79 Å². The van der Waals surface area contributed by atoms with E-state index >= 15 is 0 Å².